The number of nitrogens with two attached hydrogens (primary N) is 1. The Labute approximate surface area is 141 Å². The van der Waals surface area contributed by atoms with E-state index in [9.17, 15) is 9.59 Å². The second-order valence-electron chi connectivity index (χ2n) is 6.52. The Morgan fingerprint density at radius 2 is 1.67 bits per heavy atom. The van der Waals surface area contributed by atoms with Crippen LogP contribution in [0.1, 0.15) is 36.7 Å². The molecule has 5 nitrogen and oxygen atoms in total. The van der Waals surface area contributed by atoms with Crippen molar-refractivity contribution in [1.82, 2.24) is 0 Å². The third kappa shape index (κ3) is 4.59. The molecule has 0 heterocycles. The minimum absolute atomic E-state index is 0.0741. The van der Waals surface area contributed by atoms with E-state index in [1.165, 1.54) is 0 Å². The summed E-state index contributed by atoms with van der Waals surface area (Å²) in [5.41, 5.74) is 7.34. The molecule has 24 heavy (non-hydrogen) atoms. The number of ether oxygens (including phenoxy) is 1. The summed E-state index contributed by atoms with van der Waals surface area (Å²) in [6, 6.07) is 14.0. The van der Waals surface area contributed by atoms with Crippen LogP contribution >= 0.6 is 0 Å². The van der Waals surface area contributed by atoms with E-state index in [-0.39, 0.29) is 17.9 Å². The van der Waals surface area contributed by atoms with Crippen molar-refractivity contribution in [2.75, 3.05) is 11.9 Å². The number of carbonyl (C=O) groups excluding carboxylic acids is 2. The fourth-order valence-electron chi connectivity index (χ4n) is 2.30. The number of rotatable bonds is 5. The van der Waals surface area contributed by atoms with Crippen molar-refractivity contribution in [3.05, 3.63) is 59.7 Å². The van der Waals surface area contributed by atoms with Crippen molar-refractivity contribution < 1.29 is 14.3 Å². The Bertz CT molecular complexity index is 731. The molecule has 2 amide bonds. The Hall–Kier alpha value is -2.82. The highest BCUT2D eigenvalue weighted by Gasteiger charge is 2.18. The SMILES string of the molecule is CC(C)(C)c1ccccc1NC(=O)COc1ccc(C(N)=O)cc1. The zero-order chi connectivity index (χ0) is 17.7. The Morgan fingerprint density at radius 1 is 1.04 bits per heavy atom. The predicted octanol–water partition coefficient (Wildman–Crippen LogP) is 3.10. The summed E-state index contributed by atoms with van der Waals surface area (Å²) in [5.74, 6) is -0.247. The van der Waals surface area contributed by atoms with Gasteiger partial charge in [0.15, 0.2) is 6.61 Å². The zero-order valence-electron chi connectivity index (χ0n) is 14.1. The molecule has 0 radical (unpaired) electrons. The molecular weight excluding hydrogens is 304 g/mol. The molecule has 0 aliphatic heterocycles. The average molecular weight is 326 g/mol. The van der Waals surface area contributed by atoms with Crippen LogP contribution in [0.3, 0.4) is 0 Å². The molecule has 0 spiro atoms. The first-order valence-electron chi connectivity index (χ1n) is 7.69. The molecule has 5 heteroatoms. The van der Waals surface area contributed by atoms with Gasteiger partial charge in [-0.3, -0.25) is 9.59 Å². The Kier molecular flexibility index (Phi) is 5.24. The van der Waals surface area contributed by atoms with Gasteiger partial charge in [0.25, 0.3) is 5.91 Å². The summed E-state index contributed by atoms with van der Waals surface area (Å²) >= 11 is 0. The molecule has 3 N–H and O–H groups in total. The van der Waals surface area contributed by atoms with E-state index < -0.39 is 5.91 Å². The summed E-state index contributed by atoms with van der Waals surface area (Å²) in [5, 5.41) is 2.88. The first-order chi connectivity index (χ1) is 11.3. The molecule has 0 aliphatic carbocycles. The summed E-state index contributed by atoms with van der Waals surface area (Å²) < 4.78 is 5.44. The predicted molar refractivity (Wildman–Crippen MR) is 94.2 cm³/mol. The van der Waals surface area contributed by atoms with Crippen LogP contribution < -0.4 is 15.8 Å². The molecule has 0 aromatic heterocycles. The summed E-state index contributed by atoms with van der Waals surface area (Å²) in [6.07, 6.45) is 0. The normalized spacial score (nSPS) is 11.0. The number of primary amides is 1. The van der Waals surface area contributed by atoms with Crippen LogP contribution in [0.15, 0.2) is 48.5 Å². The van der Waals surface area contributed by atoms with Crippen molar-refractivity contribution in [3.63, 3.8) is 0 Å². The van der Waals surface area contributed by atoms with Gasteiger partial charge in [0.05, 0.1) is 0 Å². The third-order valence-electron chi connectivity index (χ3n) is 3.52. The van der Waals surface area contributed by atoms with Crippen molar-refractivity contribution >= 4 is 17.5 Å². The van der Waals surface area contributed by atoms with Gasteiger partial charge < -0.3 is 15.8 Å². The van der Waals surface area contributed by atoms with E-state index in [0.29, 0.717) is 11.3 Å². The minimum Gasteiger partial charge on any atom is -0.484 e. The molecule has 2 rings (SSSR count). The fourth-order valence-corrected chi connectivity index (χ4v) is 2.30. The quantitative estimate of drug-likeness (QED) is 0.886. The fraction of sp³-hybridized carbons (Fsp3) is 0.263. The maximum atomic E-state index is 12.1. The molecular formula is C19H22N2O3. The van der Waals surface area contributed by atoms with E-state index in [1.54, 1.807) is 24.3 Å². The van der Waals surface area contributed by atoms with Gasteiger partial charge in [0.2, 0.25) is 5.91 Å². The molecule has 126 valence electrons. The molecule has 0 bridgehead atoms. The maximum Gasteiger partial charge on any atom is 0.262 e. The van der Waals surface area contributed by atoms with Crippen molar-refractivity contribution in [2.45, 2.75) is 26.2 Å². The lowest BCUT2D eigenvalue weighted by atomic mass is 9.86. The largest absolute Gasteiger partial charge is 0.484 e. The smallest absolute Gasteiger partial charge is 0.262 e. The van der Waals surface area contributed by atoms with Gasteiger partial charge in [-0.2, -0.15) is 0 Å². The molecule has 0 saturated carbocycles. The zero-order valence-corrected chi connectivity index (χ0v) is 14.1. The monoisotopic (exact) mass is 326 g/mol. The molecule has 2 aromatic carbocycles. The van der Waals surface area contributed by atoms with Crippen LogP contribution in [0.5, 0.6) is 5.75 Å². The lowest BCUT2D eigenvalue weighted by molar-refractivity contribution is -0.118. The van der Waals surface area contributed by atoms with Gasteiger partial charge >= 0.3 is 0 Å². The molecule has 2 aromatic rings. The maximum absolute atomic E-state index is 12.1. The molecule has 0 fully saturated rings. The Balaban J connectivity index is 1.98. The van der Waals surface area contributed by atoms with Crippen molar-refractivity contribution in [3.8, 4) is 5.75 Å². The number of nitrogens with one attached hydrogen (secondary N) is 1. The van der Waals surface area contributed by atoms with Gasteiger partial charge in [0, 0.05) is 11.3 Å². The van der Waals surface area contributed by atoms with Crippen LogP contribution in [-0.2, 0) is 10.2 Å². The highest BCUT2D eigenvalue weighted by atomic mass is 16.5. The summed E-state index contributed by atoms with van der Waals surface area (Å²) in [4.78, 5) is 23.1. The topological polar surface area (TPSA) is 81.4 Å². The number of hydrogen-bond acceptors (Lipinski definition) is 3. The molecule has 0 saturated heterocycles. The number of para-hydroxylation sites is 1. The van der Waals surface area contributed by atoms with Crippen LogP contribution in [-0.4, -0.2) is 18.4 Å². The number of hydrogen-bond donors (Lipinski definition) is 2. The molecule has 0 atom stereocenters. The van der Waals surface area contributed by atoms with E-state index in [2.05, 4.69) is 26.1 Å². The van der Waals surface area contributed by atoms with Crippen molar-refractivity contribution in [2.24, 2.45) is 5.73 Å². The lowest BCUT2D eigenvalue weighted by Crippen LogP contribution is -2.23. The first kappa shape index (κ1) is 17.5. The molecule has 0 aliphatic rings. The second-order valence-corrected chi connectivity index (χ2v) is 6.52. The van der Waals surface area contributed by atoms with Crippen LogP contribution in [0.4, 0.5) is 5.69 Å². The average Bonchev–Trinajstić information content (AvgIpc) is 2.53. The number of benzene rings is 2. The standard InChI is InChI=1S/C19H22N2O3/c1-19(2,3)15-6-4-5-7-16(15)21-17(22)12-24-14-10-8-13(9-11-14)18(20)23/h4-11H,12H2,1-3H3,(H2,20,23)(H,21,22). The third-order valence-corrected chi connectivity index (χ3v) is 3.52. The van der Waals surface area contributed by atoms with Gasteiger partial charge in [-0.15, -0.1) is 0 Å². The lowest BCUT2D eigenvalue weighted by Gasteiger charge is -2.23. The van der Waals surface area contributed by atoms with Gasteiger partial charge in [0.1, 0.15) is 5.75 Å². The van der Waals surface area contributed by atoms with E-state index in [1.807, 2.05) is 24.3 Å². The first-order valence-corrected chi connectivity index (χ1v) is 7.69. The number of amides is 2. The Morgan fingerprint density at radius 3 is 2.25 bits per heavy atom. The number of anilines is 1. The highest BCUT2D eigenvalue weighted by Crippen LogP contribution is 2.29. The van der Waals surface area contributed by atoms with Crippen LogP contribution in [0.25, 0.3) is 0 Å². The minimum atomic E-state index is -0.502. The van der Waals surface area contributed by atoms with Crippen LogP contribution in [0, 0.1) is 0 Å². The van der Waals surface area contributed by atoms with Gasteiger partial charge in [-0.1, -0.05) is 39.0 Å². The molecule has 0 unspecified atom stereocenters. The second kappa shape index (κ2) is 7.17. The van der Waals surface area contributed by atoms with Gasteiger partial charge in [-0.05, 0) is 41.3 Å². The van der Waals surface area contributed by atoms with E-state index >= 15 is 0 Å². The van der Waals surface area contributed by atoms with Crippen molar-refractivity contribution in [1.29, 1.82) is 0 Å². The summed E-state index contributed by atoms with van der Waals surface area (Å²) in [7, 11) is 0. The van der Waals surface area contributed by atoms with Gasteiger partial charge in [-0.25, -0.2) is 0 Å². The summed E-state index contributed by atoms with van der Waals surface area (Å²) in [6.45, 7) is 6.16. The number of carbonyl (C=O) groups is 2. The highest BCUT2D eigenvalue weighted by molar-refractivity contribution is 5.93. The van der Waals surface area contributed by atoms with Crippen LogP contribution in [0.2, 0.25) is 0 Å². The van der Waals surface area contributed by atoms with E-state index in [0.717, 1.165) is 11.3 Å². The van der Waals surface area contributed by atoms with E-state index in [4.69, 9.17) is 10.5 Å².